The highest BCUT2D eigenvalue weighted by atomic mass is 79.9. The first-order valence-corrected chi connectivity index (χ1v) is 7.14. The molecule has 0 spiro atoms. The topological polar surface area (TPSA) is 23.2 Å². The first kappa shape index (κ1) is 11.8. The molecule has 84 valence electrons. The number of phenolic OH excluding ortho intramolecular Hbond substituents is 1. The number of hydrogen-bond donors (Lipinski definition) is 1. The Morgan fingerprint density at radius 3 is 2.69 bits per heavy atom. The van der Waals surface area contributed by atoms with Gasteiger partial charge in [-0.15, -0.1) is 0 Å². The Morgan fingerprint density at radius 1 is 1.31 bits per heavy atom. The molecule has 16 heavy (non-hydrogen) atoms. The van der Waals surface area contributed by atoms with Crippen LogP contribution in [0, 0.1) is 0 Å². The second-order valence-electron chi connectivity index (χ2n) is 3.52. The lowest BCUT2D eigenvalue weighted by atomic mass is 10.2. The summed E-state index contributed by atoms with van der Waals surface area (Å²) in [6, 6.07) is 5.48. The zero-order chi connectivity index (χ0) is 11.7. The monoisotopic (exact) mass is 316 g/mol. The normalized spacial score (nSPS) is 10.4. The summed E-state index contributed by atoms with van der Waals surface area (Å²) in [4.78, 5) is 1.09. The molecule has 0 bridgehead atoms. The number of benzene rings is 1. The molecule has 0 fully saturated rings. The quantitative estimate of drug-likeness (QED) is 0.803. The SMILES string of the molecule is C[N+](C)=c1scc(-c2cc(Br)ccc2O)s1. The van der Waals surface area contributed by atoms with E-state index in [0.717, 1.165) is 14.9 Å². The zero-order valence-corrected chi connectivity index (χ0v) is 12.1. The summed E-state index contributed by atoms with van der Waals surface area (Å²) in [5, 5.41) is 11.9. The Bertz CT molecular complexity index is 582. The molecule has 0 aliphatic rings. The molecule has 0 unspecified atom stereocenters. The van der Waals surface area contributed by atoms with Gasteiger partial charge in [0, 0.05) is 15.4 Å². The number of aromatic hydroxyl groups is 1. The van der Waals surface area contributed by atoms with E-state index < -0.39 is 0 Å². The molecule has 1 aromatic heterocycles. The minimum Gasteiger partial charge on any atom is -0.507 e. The van der Waals surface area contributed by atoms with Crippen LogP contribution in [-0.4, -0.2) is 19.2 Å². The van der Waals surface area contributed by atoms with E-state index in [-0.39, 0.29) is 0 Å². The molecular weight excluding hydrogens is 306 g/mol. The van der Waals surface area contributed by atoms with Gasteiger partial charge < -0.3 is 5.11 Å². The van der Waals surface area contributed by atoms with Gasteiger partial charge in [-0.05, 0) is 18.2 Å². The molecule has 2 rings (SSSR count). The third-order valence-corrected chi connectivity index (χ3v) is 5.25. The Hall–Kier alpha value is -0.650. The molecule has 0 atom stereocenters. The van der Waals surface area contributed by atoms with Crippen molar-refractivity contribution in [1.29, 1.82) is 0 Å². The van der Waals surface area contributed by atoms with Gasteiger partial charge in [-0.1, -0.05) is 38.6 Å². The lowest BCUT2D eigenvalue weighted by Gasteiger charge is -2.00. The highest BCUT2D eigenvalue weighted by molar-refractivity contribution is 9.10. The summed E-state index contributed by atoms with van der Waals surface area (Å²) in [6.07, 6.45) is 0. The van der Waals surface area contributed by atoms with Gasteiger partial charge in [-0.3, -0.25) is 0 Å². The number of phenols is 1. The van der Waals surface area contributed by atoms with Crippen molar-refractivity contribution >= 4 is 38.6 Å². The van der Waals surface area contributed by atoms with E-state index in [2.05, 4.69) is 25.9 Å². The van der Waals surface area contributed by atoms with Crippen LogP contribution in [0.3, 0.4) is 0 Å². The first-order valence-electron chi connectivity index (χ1n) is 4.66. The number of halogens is 1. The fraction of sp³-hybridized carbons (Fsp3) is 0.182. The van der Waals surface area contributed by atoms with E-state index >= 15 is 0 Å². The molecule has 0 aliphatic heterocycles. The molecule has 0 amide bonds. The Morgan fingerprint density at radius 2 is 2.06 bits per heavy atom. The average molecular weight is 317 g/mol. The van der Waals surface area contributed by atoms with Crippen molar-refractivity contribution in [2.75, 3.05) is 14.1 Å². The summed E-state index contributed by atoms with van der Waals surface area (Å²) < 4.78 is 4.27. The van der Waals surface area contributed by atoms with Crippen molar-refractivity contribution in [1.82, 2.24) is 4.58 Å². The first-order chi connectivity index (χ1) is 7.58. The van der Waals surface area contributed by atoms with Crippen LogP contribution in [0.5, 0.6) is 5.75 Å². The zero-order valence-electron chi connectivity index (χ0n) is 8.90. The van der Waals surface area contributed by atoms with Crippen molar-refractivity contribution in [3.8, 4) is 16.2 Å². The maximum atomic E-state index is 9.81. The van der Waals surface area contributed by atoms with Gasteiger partial charge in [0.05, 0.1) is 4.88 Å². The van der Waals surface area contributed by atoms with Crippen molar-refractivity contribution in [3.63, 3.8) is 0 Å². The third kappa shape index (κ3) is 2.36. The summed E-state index contributed by atoms with van der Waals surface area (Å²) >= 11 is 6.78. The van der Waals surface area contributed by atoms with Crippen LogP contribution >= 0.6 is 38.6 Å². The number of rotatable bonds is 1. The van der Waals surface area contributed by atoms with Crippen molar-refractivity contribution in [2.45, 2.75) is 0 Å². The van der Waals surface area contributed by atoms with Gasteiger partial charge in [0.1, 0.15) is 19.8 Å². The minimum absolute atomic E-state index is 0.322. The van der Waals surface area contributed by atoms with Gasteiger partial charge in [0.2, 0.25) is 0 Å². The maximum Gasteiger partial charge on any atom is 0.314 e. The van der Waals surface area contributed by atoms with E-state index in [1.165, 1.54) is 3.98 Å². The Balaban J connectivity index is 2.59. The van der Waals surface area contributed by atoms with Crippen LogP contribution in [-0.2, 0) is 0 Å². The standard InChI is InChI=1S/C11H10BrNOS2/c1-13(2)11-15-6-10(16-11)8-5-7(12)3-4-9(8)14/h3-6H,1-2H3/p+1. The number of nitrogens with zero attached hydrogens (tertiary/aromatic N) is 1. The number of hydrogen-bond acceptors (Lipinski definition) is 3. The van der Waals surface area contributed by atoms with Crippen LogP contribution in [0.15, 0.2) is 28.1 Å². The second kappa shape index (κ2) is 4.69. The van der Waals surface area contributed by atoms with E-state index in [9.17, 15) is 5.11 Å². The second-order valence-corrected chi connectivity index (χ2v) is 6.59. The molecule has 1 heterocycles. The van der Waals surface area contributed by atoms with E-state index in [1.54, 1.807) is 28.7 Å². The van der Waals surface area contributed by atoms with Crippen molar-refractivity contribution in [2.24, 2.45) is 0 Å². The van der Waals surface area contributed by atoms with Gasteiger partial charge in [0.25, 0.3) is 0 Å². The predicted octanol–water partition coefficient (Wildman–Crippen LogP) is 2.98. The van der Waals surface area contributed by atoms with Crippen molar-refractivity contribution < 1.29 is 5.11 Å². The highest BCUT2D eigenvalue weighted by Crippen LogP contribution is 2.33. The molecule has 2 aromatic rings. The Kier molecular flexibility index (Phi) is 3.47. The van der Waals surface area contributed by atoms with Crippen LogP contribution in [0.1, 0.15) is 0 Å². The summed E-state index contributed by atoms with van der Waals surface area (Å²) in [6.45, 7) is 0. The van der Waals surface area contributed by atoms with Gasteiger partial charge in [-0.2, -0.15) is 0 Å². The van der Waals surface area contributed by atoms with Crippen LogP contribution in [0.4, 0.5) is 0 Å². The summed E-state index contributed by atoms with van der Waals surface area (Å²) in [7, 11) is 4.04. The molecule has 0 radical (unpaired) electrons. The van der Waals surface area contributed by atoms with E-state index in [1.807, 2.05) is 26.2 Å². The molecule has 0 saturated carbocycles. The lowest BCUT2D eigenvalue weighted by Crippen LogP contribution is -2.14. The smallest absolute Gasteiger partial charge is 0.314 e. The fourth-order valence-corrected chi connectivity index (χ4v) is 3.76. The molecule has 1 N–H and O–H groups in total. The third-order valence-electron chi connectivity index (χ3n) is 2.05. The molecule has 0 aliphatic carbocycles. The van der Waals surface area contributed by atoms with Gasteiger partial charge in [-0.25, -0.2) is 4.58 Å². The Labute approximate surface area is 110 Å². The minimum atomic E-state index is 0.322. The molecule has 2 nitrogen and oxygen atoms in total. The molecule has 0 saturated heterocycles. The summed E-state index contributed by atoms with van der Waals surface area (Å²) in [5.41, 5.74) is 0.878. The van der Waals surface area contributed by atoms with E-state index in [0.29, 0.717) is 5.75 Å². The van der Waals surface area contributed by atoms with Crippen LogP contribution in [0.25, 0.3) is 10.4 Å². The lowest BCUT2D eigenvalue weighted by molar-refractivity contribution is 0.477. The van der Waals surface area contributed by atoms with Gasteiger partial charge >= 0.3 is 3.98 Å². The molecule has 5 heteroatoms. The highest BCUT2D eigenvalue weighted by Gasteiger charge is 2.09. The van der Waals surface area contributed by atoms with E-state index in [4.69, 9.17) is 0 Å². The maximum absolute atomic E-state index is 9.81. The molecule has 1 aromatic carbocycles. The van der Waals surface area contributed by atoms with Crippen LogP contribution in [0.2, 0.25) is 0 Å². The van der Waals surface area contributed by atoms with Gasteiger partial charge in [0.15, 0.2) is 0 Å². The largest absolute Gasteiger partial charge is 0.507 e. The molecular formula is C11H11BrNOS2+. The van der Waals surface area contributed by atoms with Crippen molar-refractivity contribution in [3.05, 3.63) is 32.0 Å². The fourth-order valence-electron chi connectivity index (χ4n) is 1.27. The summed E-state index contributed by atoms with van der Waals surface area (Å²) in [5.74, 6) is 0.322. The van der Waals surface area contributed by atoms with Crippen LogP contribution < -0.4 is 8.56 Å². The average Bonchev–Trinajstić information content (AvgIpc) is 2.70. The predicted molar refractivity (Wildman–Crippen MR) is 74.1 cm³/mol.